The van der Waals surface area contributed by atoms with Crippen LogP contribution in [0, 0.1) is 6.92 Å². The predicted octanol–water partition coefficient (Wildman–Crippen LogP) is 2.93. The lowest BCUT2D eigenvalue weighted by Gasteiger charge is -2.11. The number of hydrogen-bond acceptors (Lipinski definition) is 6. The largest absolute Gasteiger partial charge is 0.480 e. The molecule has 3 rings (SSSR count). The minimum absolute atomic E-state index is 0.539. The average Bonchev–Trinajstić information content (AvgIpc) is 2.87. The monoisotopic (exact) mass is 325 g/mol. The van der Waals surface area contributed by atoms with Crippen molar-refractivity contribution in [2.75, 3.05) is 12.4 Å². The molecule has 0 radical (unpaired) electrons. The summed E-state index contributed by atoms with van der Waals surface area (Å²) in [5.41, 5.74) is 2.68. The Kier molecular flexibility index (Phi) is 4.60. The zero-order chi connectivity index (χ0) is 16.9. The summed E-state index contributed by atoms with van der Waals surface area (Å²) in [6, 6.07) is 7.46. The standard InChI is InChI=1S/C17H19N5O2/c1-12-14(11-20-15-7-5-9-19-16(15)23-3)17(22(2)21-12)24-13-6-4-8-18-10-13/h4-10,20H,11H2,1-3H3. The van der Waals surface area contributed by atoms with Crippen LogP contribution in [0.4, 0.5) is 5.69 Å². The summed E-state index contributed by atoms with van der Waals surface area (Å²) >= 11 is 0. The first-order valence-corrected chi connectivity index (χ1v) is 7.52. The molecule has 1 N–H and O–H groups in total. The molecule has 0 atom stereocenters. The van der Waals surface area contributed by atoms with E-state index in [1.165, 1.54) is 0 Å². The normalized spacial score (nSPS) is 10.5. The number of nitrogens with zero attached hydrogens (tertiary/aromatic N) is 4. The third kappa shape index (κ3) is 3.29. The van der Waals surface area contributed by atoms with Crippen LogP contribution in [-0.4, -0.2) is 26.9 Å². The molecule has 7 nitrogen and oxygen atoms in total. The second-order valence-electron chi connectivity index (χ2n) is 5.20. The lowest BCUT2D eigenvalue weighted by atomic mass is 10.2. The number of hydrogen-bond donors (Lipinski definition) is 1. The fraction of sp³-hybridized carbons (Fsp3) is 0.235. The molecule has 0 saturated carbocycles. The van der Waals surface area contributed by atoms with Gasteiger partial charge in [-0.15, -0.1) is 0 Å². The zero-order valence-electron chi connectivity index (χ0n) is 13.9. The molecular formula is C17H19N5O2. The topological polar surface area (TPSA) is 74.1 Å². The van der Waals surface area contributed by atoms with Crippen LogP contribution in [0.15, 0.2) is 42.9 Å². The third-order valence-corrected chi connectivity index (χ3v) is 3.56. The number of rotatable bonds is 6. The van der Waals surface area contributed by atoms with E-state index in [2.05, 4.69) is 20.4 Å². The first-order chi connectivity index (χ1) is 11.7. The van der Waals surface area contributed by atoms with Crippen LogP contribution in [0.2, 0.25) is 0 Å². The van der Waals surface area contributed by atoms with Crippen LogP contribution >= 0.6 is 0 Å². The van der Waals surface area contributed by atoms with E-state index in [9.17, 15) is 0 Å². The zero-order valence-corrected chi connectivity index (χ0v) is 13.9. The van der Waals surface area contributed by atoms with Gasteiger partial charge in [0.05, 0.1) is 30.3 Å². The van der Waals surface area contributed by atoms with E-state index in [-0.39, 0.29) is 0 Å². The molecule has 0 aliphatic carbocycles. The maximum atomic E-state index is 5.96. The van der Waals surface area contributed by atoms with Crippen molar-refractivity contribution in [1.29, 1.82) is 0 Å². The molecule has 0 bridgehead atoms. The van der Waals surface area contributed by atoms with Gasteiger partial charge in [0, 0.05) is 26.0 Å². The molecule has 24 heavy (non-hydrogen) atoms. The van der Waals surface area contributed by atoms with Gasteiger partial charge in [0.2, 0.25) is 11.8 Å². The molecule has 0 aromatic carbocycles. The Bertz CT molecular complexity index is 817. The van der Waals surface area contributed by atoms with Crippen molar-refractivity contribution in [2.45, 2.75) is 13.5 Å². The first-order valence-electron chi connectivity index (χ1n) is 7.52. The maximum absolute atomic E-state index is 5.96. The van der Waals surface area contributed by atoms with Gasteiger partial charge in [0.25, 0.3) is 0 Å². The molecular weight excluding hydrogens is 306 g/mol. The lowest BCUT2D eigenvalue weighted by Crippen LogP contribution is -2.04. The number of methoxy groups -OCH3 is 1. The Morgan fingerprint density at radius 3 is 2.79 bits per heavy atom. The van der Waals surface area contributed by atoms with Gasteiger partial charge in [-0.05, 0) is 31.2 Å². The minimum Gasteiger partial charge on any atom is -0.480 e. The Hall–Kier alpha value is -3.09. The SMILES string of the molecule is COc1ncccc1NCc1c(C)nn(C)c1Oc1cccnc1. The highest BCUT2D eigenvalue weighted by atomic mass is 16.5. The summed E-state index contributed by atoms with van der Waals surface area (Å²) < 4.78 is 12.9. The van der Waals surface area contributed by atoms with Gasteiger partial charge in [-0.2, -0.15) is 5.10 Å². The van der Waals surface area contributed by atoms with Crippen molar-refractivity contribution in [3.8, 4) is 17.5 Å². The van der Waals surface area contributed by atoms with Crippen LogP contribution in [-0.2, 0) is 13.6 Å². The molecule has 0 aliphatic heterocycles. The van der Waals surface area contributed by atoms with Crippen molar-refractivity contribution in [2.24, 2.45) is 7.05 Å². The third-order valence-electron chi connectivity index (χ3n) is 3.56. The Balaban J connectivity index is 1.83. The molecule has 124 valence electrons. The quantitative estimate of drug-likeness (QED) is 0.751. The molecule has 0 saturated heterocycles. The van der Waals surface area contributed by atoms with Crippen LogP contribution in [0.5, 0.6) is 17.5 Å². The number of aryl methyl sites for hydroxylation is 2. The summed E-state index contributed by atoms with van der Waals surface area (Å²) in [7, 11) is 3.45. The molecule has 0 amide bonds. The highest BCUT2D eigenvalue weighted by molar-refractivity contribution is 5.53. The van der Waals surface area contributed by atoms with E-state index < -0.39 is 0 Å². The highest BCUT2D eigenvalue weighted by Crippen LogP contribution is 2.28. The van der Waals surface area contributed by atoms with E-state index >= 15 is 0 Å². The Morgan fingerprint density at radius 2 is 2.04 bits per heavy atom. The summed E-state index contributed by atoms with van der Waals surface area (Å²) in [4.78, 5) is 8.25. The molecule has 0 fully saturated rings. The number of anilines is 1. The number of pyridine rings is 2. The van der Waals surface area contributed by atoms with E-state index in [4.69, 9.17) is 9.47 Å². The summed E-state index contributed by atoms with van der Waals surface area (Å²) in [6.45, 7) is 2.49. The van der Waals surface area contributed by atoms with E-state index in [1.807, 2.05) is 38.2 Å². The molecule has 0 spiro atoms. The second kappa shape index (κ2) is 6.99. The Labute approximate surface area is 140 Å². The molecule has 0 aliphatic rings. The minimum atomic E-state index is 0.539. The van der Waals surface area contributed by atoms with Crippen molar-refractivity contribution in [1.82, 2.24) is 19.7 Å². The van der Waals surface area contributed by atoms with Crippen LogP contribution in [0.25, 0.3) is 0 Å². The Morgan fingerprint density at radius 1 is 1.21 bits per heavy atom. The maximum Gasteiger partial charge on any atom is 0.237 e. The van der Waals surface area contributed by atoms with Crippen molar-refractivity contribution >= 4 is 5.69 Å². The van der Waals surface area contributed by atoms with Gasteiger partial charge >= 0.3 is 0 Å². The van der Waals surface area contributed by atoms with E-state index in [0.29, 0.717) is 24.1 Å². The fourth-order valence-corrected chi connectivity index (χ4v) is 2.40. The summed E-state index contributed by atoms with van der Waals surface area (Å²) in [5, 5.41) is 7.77. The van der Waals surface area contributed by atoms with Gasteiger partial charge in [0.1, 0.15) is 5.75 Å². The number of ether oxygens (including phenoxy) is 2. The van der Waals surface area contributed by atoms with Crippen molar-refractivity contribution in [3.05, 3.63) is 54.1 Å². The van der Waals surface area contributed by atoms with Gasteiger partial charge in [-0.1, -0.05) is 0 Å². The van der Waals surface area contributed by atoms with Crippen LogP contribution in [0.1, 0.15) is 11.3 Å². The predicted molar refractivity (Wildman–Crippen MR) is 90.4 cm³/mol. The smallest absolute Gasteiger partial charge is 0.237 e. The summed E-state index contributed by atoms with van der Waals surface area (Å²) in [6.07, 6.45) is 5.07. The molecule has 3 aromatic rings. The van der Waals surface area contributed by atoms with Gasteiger partial charge in [-0.25, -0.2) is 9.67 Å². The van der Waals surface area contributed by atoms with Crippen LogP contribution in [0.3, 0.4) is 0 Å². The molecule has 3 aromatic heterocycles. The highest BCUT2D eigenvalue weighted by Gasteiger charge is 2.16. The van der Waals surface area contributed by atoms with Crippen LogP contribution < -0.4 is 14.8 Å². The van der Waals surface area contributed by atoms with Gasteiger partial charge < -0.3 is 14.8 Å². The number of aromatic nitrogens is 4. The number of nitrogens with one attached hydrogen (secondary N) is 1. The van der Waals surface area contributed by atoms with Crippen molar-refractivity contribution < 1.29 is 9.47 Å². The van der Waals surface area contributed by atoms with E-state index in [0.717, 1.165) is 16.9 Å². The first kappa shape index (κ1) is 15.8. The second-order valence-corrected chi connectivity index (χ2v) is 5.20. The van der Waals surface area contributed by atoms with Crippen molar-refractivity contribution in [3.63, 3.8) is 0 Å². The van der Waals surface area contributed by atoms with E-state index in [1.54, 1.807) is 30.4 Å². The molecule has 3 heterocycles. The summed E-state index contributed by atoms with van der Waals surface area (Å²) in [5.74, 6) is 1.89. The average molecular weight is 325 g/mol. The molecule has 0 unspecified atom stereocenters. The lowest BCUT2D eigenvalue weighted by molar-refractivity contribution is 0.399. The van der Waals surface area contributed by atoms with Gasteiger partial charge in [-0.3, -0.25) is 4.98 Å². The fourth-order valence-electron chi connectivity index (χ4n) is 2.40. The van der Waals surface area contributed by atoms with Gasteiger partial charge in [0.15, 0.2) is 0 Å². The molecule has 7 heteroatoms.